The van der Waals surface area contributed by atoms with E-state index in [0.29, 0.717) is 0 Å². The summed E-state index contributed by atoms with van der Waals surface area (Å²) in [5, 5.41) is 0. The molecule has 132 valence electrons. The third kappa shape index (κ3) is 2.36. The molecule has 0 saturated carbocycles. The summed E-state index contributed by atoms with van der Waals surface area (Å²) in [6.07, 6.45) is 3.38. The predicted octanol–water partition coefficient (Wildman–Crippen LogP) is 3.41. The first-order chi connectivity index (χ1) is 12.5. The topological polar surface area (TPSA) is 30.0 Å². The van der Waals surface area contributed by atoms with Gasteiger partial charge in [-0.15, -0.1) is 0 Å². The Labute approximate surface area is 154 Å². The van der Waals surface area contributed by atoms with Gasteiger partial charge in [0.05, 0.1) is 22.7 Å². The average Bonchev–Trinajstić information content (AvgIpc) is 3.03. The van der Waals surface area contributed by atoms with E-state index in [1.54, 1.807) is 12.2 Å². The summed E-state index contributed by atoms with van der Waals surface area (Å²) < 4.78 is 0. The molecule has 0 radical (unpaired) electrons. The van der Waals surface area contributed by atoms with Crippen LogP contribution in [0.3, 0.4) is 0 Å². The number of fused-ring (bicyclic) bond motifs is 2. The van der Waals surface area contributed by atoms with Crippen molar-refractivity contribution in [1.29, 1.82) is 0 Å². The van der Waals surface area contributed by atoms with Gasteiger partial charge in [0.15, 0.2) is 5.78 Å². The average molecular weight is 346 g/mol. The molecule has 0 saturated heterocycles. The molecule has 0 aromatic heterocycles. The number of nitrogens with zero attached hydrogens (tertiary/aromatic N) is 4. The first-order valence-corrected chi connectivity index (χ1v) is 8.59. The third-order valence-corrected chi connectivity index (χ3v) is 5.13. The number of benzene rings is 2. The number of allylic oxidation sites excluding steroid dienone is 2. The molecule has 0 bridgehead atoms. The summed E-state index contributed by atoms with van der Waals surface area (Å²) in [4.78, 5) is 21.0. The van der Waals surface area contributed by atoms with Crippen LogP contribution in [-0.4, -0.2) is 34.0 Å². The van der Waals surface area contributed by atoms with Crippen molar-refractivity contribution >= 4 is 28.5 Å². The van der Waals surface area contributed by atoms with Gasteiger partial charge in [-0.2, -0.15) is 0 Å². The third-order valence-electron chi connectivity index (χ3n) is 5.13. The number of rotatable bonds is 2. The molecule has 4 rings (SSSR count). The molecule has 2 aromatic rings. The van der Waals surface area contributed by atoms with Gasteiger partial charge in [-0.3, -0.25) is 4.79 Å². The summed E-state index contributed by atoms with van der Waals surface area (Å²) in [6.45, 7) is 0. The van der Waals surface area contributed by atoms with Crippen LogP contribution >= 0.6 is 0 Å². The molecule has 0 unspecified atom stereocenters. The number of hydrogen-bond donors (Lipinski definition) is 0. The maximum Gasteiger partial charge on any atom is 0.185 e. The quantitative estimate of drug-likeness (QED) is 0.778. The molecule has 0 N–H and O–H groups in total. The Balaban J connectivity index is 1.64. The minimum absolute atomic E-state index is 0.0342. The Morgan fingerprint density at radius 1 is 0.615 bits per heavy atom. The molecular weight excluding hydrogens is 324 g/mol. The van der Waals surface area contributed by atoms with Gasteiger partial charge in [-0.1, -0.05) is 24.3 Å². The highest BCUT2D eigenvalue weighted by atomic mass is 16.1. The van der Waals surface area contributed by atoms with Crippen LogP contribution in [0, 0.1) is 0 Å². The van der Waals surface area contributed by atoms with Crippen molar-refractivity contribution in [2.24, 2.45) is 0 Å². The fourth-order valence-electron chi connectivity index (χ4n) is 3.69. The molecule has 2 aliphatic rings. The van der Waals surface area contributed by atoms with Crippen molar-refractivity contribution in [3.63, 3.8) is 0 Å². The van der Waals surface area contributed by atoms with E-state index in [9.17, 15) is 4.79 Å². The molecule has 2 aliphatic heterocycles. The highest BCUT2D eigenvalue weighted by molar-refractivity contribution is 6.03. The van der Waals surface area contributed by atoms with Crippen molar-refractivity contribution in [2.45, 2.75) is 0 Å². The van der Waals surface area contributed by atoms with E-state index in [1.807, 2.05) is 72.1 Å². The monoisotopic (exact) mass is 346 g/mol. The Morgan fingerprint density at radius 2 is 0.885 bits per heavy atom. The zero-order valence-corrected chi connectivity index (χ0v) is 15.5. The van der Waals surface area contributed by atoms with Crippen LogP contribution in [0.5, 0.6) is 0 Å². The first-order valence-electron chi connectivity index (χ1n) is 8.59. The summed E-state index contributed by atoms with van der Waals surface area (Å²) in [6, 6.07) is 16.3. The lowest BCUT2D eigenvalue weighted by molar-refractivity contribution is -0.110. The highest BCUT2D eigenvalue weighted by Gasteiger charge is 2.28. The van der Waals surface area contributed by atoms with E-state index in [1.165, 1.54) is 0 Å². The fraction of sp³-hybridized carbons (Fsp3) is 0.190. The van der Waals surface area contributed by atoms with Crippen LogP contribution in [0.25, 0.3) is 0 Å². The summed E-state index contributed by atoms with van der Waals surface area (Å²) in [7, 11) is 7.94. The predicted molar refractivity (Wildman–Crippen MR) is 108 cm³/mol. The van der Waals surface area contributed by atoms with Gasteiger partial charge in [0.25, 0.3) is 0 Å². The zero-order valence-electron chi connectivity index (χ0n) is 15.5. The van der Waals surface area contributed by atoms with Gasteiger partial charge < -0.3 is 19.6 Å². The molecule has 0 amide bonds. The molecule has 2 heterocycles. The van der Waals surface area contributed by atoms with Crippen molar-refractivity contribution in [2.75, 3.05) is 47.8 Å². The lowest BCUT2D eigenvalue weighted by Gasteiger charge is -2.19. The molecule has 26 heavy (non-hydrogen) atoms. The van der Waals surface area contributed by atoms with E-state index in [2.05, 4.69) is 24.3 Å². The normalized spacial score (nSPS) is 15.4. The highest BCUT2D eigenvalue weighted by Crippen LogP contribution is 2.40. The molecule has 0 atom stereocenters. The minimum Gasteiger partial charge on any atom is -0.329 e. The Morgan fingerprint density at radius 3 is 1.15 bits per heavy atom. The molecule has 5 nitrogen and oxygen atoms in total. The summed E-state index contributed by atoms with van der Waals surface area (Å²) in [5.74, 6) is 1.70. The zero-order chi connectivity index (χ0) is 18.4. The molecule has 2 aromatic carbocycles. The molecule has 5 heteroatoms. The van der Waals surface area contributed by atoms with Crippen molar-refractivity contribution in [1.82, 2.24) is 0 Å². The van der Waals surface area contributed by atoms with Crippen LogP contribution in [0.4, 0.5) is 22.7 Å². The second-order valence-electron chi connectivity index (χ2n) is 6.62. The van der Waals surface area contributed by atoms with E-state index in [4.69, 9.17) is 0 Å². The number of hydrogen-bond acceptors (Lipinski definition) is 5. The van der Waals surface area contributed by atoms with Crippen LogP contribution < -0.4 is 19.6 Å². The van der Waals surface area contributed by atoms with Crippen molar-refractivity contribution in [3.8, 4) is 0 Å². The first kappa shape index (κ1) is 16.3. The molecule has 0 fully saturated rings. The number of carbonyl (C=O) groups is 1. The van der Waals surface area contributed by atoms with Crippen LogP contribution in [0.1, 0.15) is 0 Å². The van der Waals surface area contributed by atoms with Gasteiger partial charge in [0, 0.05) is 40.3 Å². The Bertz CT molecular complexity index is 809. The SMILES string of the molecule is CN1C(=CC(=O)C=C2N(C)c3ccccc3N2C)N(C)c2ccccc21. The van der Waals surface area contributed by atoms with Crippen molar-refractivity contribution < 1.29 is 4.79 Å². The number of ketones is 1. The smallest absolute Gasteiger partial charge is 0.185 e. The minimum atomic E-state index is -0.0342. The van der Waals surface area contributed by atoms with E-state index >= 15 is 0 Å². The van der Waals surface area contributed by atoms with Crippen LogP contribution in [0.15, 0.2) is 72.3 Å². The Kier molecular flexibility index (Phi) is 3.72. The fourth-order valence-corrected chi connectivity index (χ4v) is 3.69. The largest absolute Gasteiger partial charge is 0.329 e. The number of para-hydroxylation sites is 4. The van der Waals surface area contributed by atoms with E-state index < -0.39 is 0 Å². The van der Waals surface area contributed by atoms with Crippen LogP contribution in [-0.2, 0) is 4.79 Å². The van der Waals surface area contributed by atoms with Gasteiger partial charge >= 0.3 is 0 Å². The van der Waals surface area contributed by atoms with Crippen molar-refractivity contribution in [3.05, 3.63) is 72.3 Å². The lowest BCUT2D eigenvalue weighted by Crippen LogP contribution is -2.24. The van der Waals surface area contributed by atoms with Gasteiger partial charge in [0.2, 0.25) is 0 Å². The second-order valence-corrected chi connectivity index (χ2v) is 6.62. The molecular formula is C21H22N4O. The lowest BCUT2D eigenvalue weighted by atomic mass is 10.3. The second kappa shape index (κ2) is 5.95. The Hall–Kier alpha value is -3.21. The van der Waals surface area contributed by atoms with Crippen LogP contribution in [0.2, 0.25) is 0 Å². The van der Waals surface area contributed by atoms with Gasteiger partial charge in [-0.25, -0.2) is 0 Å². The van der Waals surface area contributed by atoms with E-state index in [-0.39, 0.29) is 5.78 Å². The summed E-state index contributed by atoms with van der Waals surface area (Å²) in [5.41, 5.74) is 4.40. The summed E-state index contributed by atoms with van der Waals surface area (Å²) >= 11 is 0. The standard InChI is InChI=1S/C21H22N4O/c1-22-16-9-5-6-10-17(16)23(2)20(22)13-15(26)14-21-24(3)18-11-7-8-12-19(18)25(21)4/h5-14H,1-4H3. The number of anilines is 4. The molecule has 0 spiro atoms. The van der Waals surface area contributed by atoms with Gasteiger partial charge in [-0.05, 0) is 24.3 Å². The van der Waals surface area contributed by atoms with Gasteiger partial charge in [0.1, 0.15) is 11.6 Å². The maximum atomic E-state index is 12.8. The maximum absolute atomic E-state index is 12.8. The number of carbonyl (C=O) groups excluding carboxylic acids is 1. The van der Waals surface area contributed by atoms with E-state index in [0.717, 1.165) is 34.4 Å². The molecule has 0 aliphatic carbocycles.